The van der Waals surface area contributed by atoms with Gasteiger partial charge in [-0.05, 0) is 36.0 Å². The van der Waals surface area contributed by atoms with Crippen molar-refractivity contribution in [3.63, 3.8) is 0 Å². The Kier molecular flexibility index (Phi) is 5.07. The number of nitrogens with one attached hydrogen (secondary N) is 1. The van der Waals surface area contributed by atoms with Crippen molar-refractivity contribution in [1.82, 2.24) is 15.1 Å². The fourth-order valence-electron chi connectivity index (χ4n) is 3.14. The van der Waals surface area contributed by atoms with Crippen LogP contribution in [0.2, 0.25) is 0 Å². The zero-order valence-corrected chi connectivity index (χ0v) is 15.0. The summed E-state index contributed by atoms with van der Waals surface area (Å²) in [6.07, 6.45) is -1.16. The van der Waals surface area contributed by atoms with Crippen LogP contribution in [-0.2, 0) is 13.5 Å². The highest BCUT2D eigenvalue weighted by molar-refractivity contribution is 5.97. The van der Waals surface area contributed by atoms with E-state index in [1.807, 2.05) is 19.9 Å². The normalized spacial score (nSPS) is 14.3. The molecule has 140 valence electrons. The first-order chi connectivity index (χ1) is 12.3. The highest BCUT2D eigenvalue weighted by Gasteiger charge is 2.32. The van der Waals surface area contributed by atoms with Crippen molar-refractivity contribution in [2.45, 2.75) is 51.5 Å². The van der Waals surface area contributed by atoms with Crippen LogP contribution < -0.4 is 5.32 Å². The van der Waals surface area contributed by atoms with Gasteiger partial charge in [0.05, 0.1) is 11.3 Å². The van der Waals surface area contributed by atoms with Gasteiger partial charge < -0.3 is 5.32 Å². The maximum absolute atomic E-state index is 14.5. The number of aromatic nitrogens is 2. The molecule has 1 aliphatic carbocycles. The Bertz CT molecular complexity index is 826. The zero-order valence-electron chi connectivity index (χ0n) is 15.0. The molecule has 1 aliphatic rings. The molecule has 4 nitrogen and oxygen atoms in total. The van der Waals surface area contributed by atoms with E-state index in [2.05, 4.69) is 10.4 Å². The van der Waals surface area contributed by atoms with Crippen molar-refractivity contribution in [3.8, 4) is 0 Å². The van der Waals surface area contributed by atoms with Crippen LogP contribution in [0.4, 0.5) is 13.2 Å². The highest BCUT2D eigenvalue weighted by Crippen LogP contribution is 2.30. The first kappa shape index (κ1) is 18.5. The fraction of sp³-hybridized carbons (Fsp3) is 0.474. The number of hydrogen-bond acceptors (Lipinski definition) is 2. The Hall–Kier alpha value is -2.31. The van der Waals surface area contributed by atoms with Gasteiger partial charge in [0.2, 0.25) is 0 Å². The molecule has 0 unspecified atom stereocenters. The molecule has 2 aromatic rings. The maximum atomic E-state index is 14.5. The van der Waals surface area contributed by atoms with E-state index in [-0.39, 0.29) is 23.9 Å². The Morgan fingerprint density at radius 3 is 2.62 bits per heavy atom. The number of amides is 1. The van der Waals surface area contributed by atoms with E-state index in [4.69, 9.17) is 0 Å². The molecule has 0 aliphatic heterocycles. The van der Waals surface area contributed by atoms with E-state index in [0.717, 1.165) is 18.4 Å². The molecule has 1 aromatic heterocycles. The predicted octanol–water partition coefficient (Wildman–Crippen LogP) is 4.10. The van der Waals surface area contributed by atoms with Crippen LogP contribution in [0.1, 0.15) is 71.9 Å². The van der Waals surface area contributed by atoms with E-state index in [0.29, 0.717) is 11.3 Å². The predicted molar refractivity (Wildman–Crippen MR) is 91.9 cm³/mol. The summed E-state index contributed by atoms with van der Waals surface area (Å²) in [5, 5.41) is 6.58. The molecule has 0 radical (unpaired) electrons. The molecule has 3 rings (SSSR count). The number of carbonyl (C=O) groups is 1. The fourth-order valence-corrected chi connectivity index (χ4v) is 3.14. The number of hydrogen-bond donors (Lipinski definition) is 1. The summed E-state index contributed by atoms with van der Waals surface area (Å²) in [4.78, 5) is 12.6. The van der Waals surface area contributed by atoms with E-state index in [1.54, 1.807) is 6.07 Å². The number of aryl methyl sites for hydroxylation is 1. The molecule has 0 spiro atoms. The van der Waals surface area contributed by atoms with Gasteiger partial charge in [-0.3, -0.25) is 9.48 Å². The molecule has 26 heavy (non-hydrogen) atoms. The lowest BCUT2D eigenvalue weighted by atomic mass is 9.93. The number of benzene rings is 1. The van der Waals surface area contributed by atoms with Crippen LogP contribution in [0.25, 0.3) is 0 Å². The molecule has 1 fully saturated rings. The van der Waals surface area contributed by atoms with Gasteiger partial charge in [-0.2, -0.15) is 5.10 Å². The summed E-state index contributed by atoms with van der Waals surface area (Å²) >= 11 is 0. The number of rotatable bonds is 6. The molecule has 0 bridgehead atoms. The minimum Gasteiger partial charge on any atom is -0.349 e. The van der Waals surface area contributed by atoms with Crippen molar-refractivity contribution >= 4 is 5.91 Å². The average molecular weight is 365 g/mol. The van der Waals surface area contributed by atoms with Gasteiger partial charge in [0.1, 0.15) is 11.5 Å². The quantitative estimate of drug-likeness (QED) is 0.838. The topological polar surface area (TPSA) is 46.9 Å². The Balaban J connectivity index is 2.06. The van der Waals surface area contributed by atoms with Crippen LogP contribution >= 0.6 is 0 Å². The molecule has 0 saturated heterocycles. The second kappa shape index (κ2) is 7.13. The standard InChI is InChI=1S/C19H22F3N3O/c1-10(2)12-5-4-6-14(20)13(12)9-15-16(19(26)23-11-7-8-11)17(18(21)22)24-25(15)3/h4-6,10-11,18H,7-9H2,1-3H3,(H,23,26). The minimum atomic E-state index is -2.87. The second-order valence-corrected chi connectivity index (χ2v) is 7.02. The number of carbonyl (C=O) groups excluding carboxylic acids is 1. The molecular formula is C19H22F3N3O. The van der Waals surface area contributed by atoms with Gasteiger partial charge in [-0.15, -0.1) is 0 Å². The first-order valence-corrected chi connectivity index (χ1v) is 8.71. The molecule has 1 heterocycles. The third-order valence-electron chi connectivity index (χ3n) is 4.66. The third-order valence-corrected chi connectivity index (χ3v) is 4.66. The number of nitrogens with zero attached hydrogens (tertiary/aromatic N) is 2. The summed E-state index contributed by atoms with van der Waals surface area (Å²) in [5.74, 6) is -0.912. The van der Waals surface area contributed by atoms with Crippen LogP contribution in [0.15, 0.2) is 18.2 Å². The number of alkyl halides is 2. The second-order valence-electron chi connectivity index (χ2n) is 7.02. The van der Waals surface area contributed by atoms with Crippen LogP contribution in [0.3, 0.4) is 0 Å². The van der Waals surface area contributed by atoms with Crippen molar-refractivity contribution in [1.29, 1.82) is 0 Å². The largest absolute Gasteiger partial charge is 0.349 e. The molecule has 1 amide bonds. The minimum absolute atomic E-state index is 0.0285. The Morgan fingerprint density at radius 2 is 2.04 bits per heavy atom. The van der Waals surface area contributed by atoms with Gasteiger partial charge in [-0.25, -0.2) is 13.2 Å². The first-order valence-electron chi connectivity index (χ1n) is 8.71. The van der Waals surface area contributed by atoms with E-state index in [9.17, 15) is 18.0 Å². The van der Waals surface area contributed by atoms with Crippen LogP contribution in [0.5, 0.6) is 0 Å². The molecule has 7 heteroatoms. The monoisotopic (exact) mass is 365 g/mol. The molecule has 1 saturated carbocycles. The van der Waals surface area contributed by atoms with Crippen molar-refractivity contribution < 1.29 is 18.0 Å². The zero-order chi connectivity index (χ0) is 19.0. The van der Waals surface area contributed by atoms with Gasteiger partial charge in [0, 0.05) is 19.5 Å². The lowest BCUT2D eigenvalue weighted by Gasteiger charge is -2.15. The third kappa shape index (κ3) is 3.61. The van der Waals surface area contributed by atoms with E-state index in [1.165, 1.54) is 17.8 Å². The Morgan fingerprint density at radius 1 is 1.35 bits per heavy atom. The number of halogens is 3. The summed E-state index contributed by atoms with van der Waals surface area (Å²) < 4.78 is 42.6. The van der Waals surface area contributed by atoms with Crippen molar-refractivity contribution in [2.75, 3.05) is 0 Å². The Labute approximate surface area is 150 Å². The van der Waals surface area contributed by atoms with Crippen LogP contribution in [-0.4, -0.2) is 21.7 Å². The smallest absolute Gasteiger partial charge is 0.282 e. The molecule has 0 atom stereocenters. The van der Waals surface area contributed by atoms with Crippen molar-refractivity contribution in [3.05, 3.63) is 52.1 Å². The van der Waals surface area contributed by atoms with Crippen LogP contribution in [0, 0.1) is 5.82 Å². The van der Waals surface area contributed by atoms with Gasteiger partial charge in [-0.1, -0.05) is 26.0 Å². The van der Waals surface area contributed by atoms with Gasteiger partial charge >= 0.3 is 0 Å². The molecule has 1 N–H and O–H groups in total. The summed E-state index contributed by atoms with van der Waals surface area (Å²) in [6.45, 7) is 3.87. The summed E-state index contributed by atoms with van der Waals surface area (Å²) in [7, 11) is 1.50. The van der Waals surface area contributed by atoms with E-state index >= 15 is 0 Å². The molecular weight excluding hydrogens is 343 g/mol. The SMILES string of the molecule is CC(C)c1cccc(F)c1Cc1c(C(=O)NC2CC2)c(C(F)F)nn1C. The molecule has 1 aromatic carbocycles. The maximum Gasteiger partial charge on any atom is 0.282 e. The summed E-state index contributed by atoms with van der Waals surface area (Å²) in [5.41, 5.74) is 0.811. The lowest BCUT2D eigenvalue weighted by molar-refractivity contribution is 0.0935. The van der Waals surface area contributed by atoms with E-state index < -0.39 is 23.8 Å². The lowest BCUT2D eigenvalue weighted by Crippen LogP contribution is -2.27. The van der Waals surface area contributed by atoms with Gasteiger partial charge in [0.25, 0.3) is 12.3 Å². The highest BCUT2D eigenvalue weighted by atomic mass is 19.3. The van der Waals surface area contributed by atoms with Crippen molar-refractivity contribution in [2.24, 2.45) is 7.05 Å². The van der Waals surface area contributed by atoms with Gasteiger partial charge in [0.15, 0.2) is 0 Å². The summed E-state index contributed by atoms with van der Waals surface area (Å²) in [6, 6.07) is 4.82. The average Bonchev–Trinajstić information content (AvgIpc) is 3.31.